The summed E-state index contributed by atoms with van der Waals surface area (Å²) in [6, 6.07) is 4.10. The lowest BCUT2D eigenvalue weighted by Gasteiger charge is -2.20. The highest BCUT2D eigenvalue weighted by Gasteiger charge is 2.24. The standard InChI is InChI=1S/C13H18N2O2/c1-10-7-11(5-6-14-10)8-15(2)9-12-3-4-13(16)17-12/h5-7,12H,3-4,8-9H2,1-2H3. The summed E-state index contributed by atoms with van der Waals surface area (Å²) >= 11 is 0. The molecule has 4 nitrogen and oxygen atoms in total. The molecule has 17 heavy (non-hydrogen) atoms. The number of hydrogen-bond donors (Lipinski definition) is 0. The van der Waals surface area contributed by atoms with Crippen LogP contribution in [0.5, 0.6) is 0 Å². The van der Waals surface area contributed by atoms with E-state index in [1.54, 1.807) is 0 Å². The van der Waals surface area contributed by atoms with Gasteiger partial charge in [0.05, 0.1) is 0 Å². The normalized spacial score (nSPS) is 19.7. The second kappa shape index (κ2) is 5.27. The summed E-state index contributed by atoms with van der Waals surface area (Å²) in [5.41, 5.74) is 2.27. The molecule has 1 aliphatic heterocycles. The van der Waals surface area contributed by atoms with Crippen molar-refractivity contribution in [3.05, 3.63) is 29.6 Å². The molecule has 0 aliphatic carbocycles. The molecule has 1 aliphatic rings. The maximum atomic E-state index is 11.0. The van der Waals surface area contributed by atoms with Crippen molar-refractivity contribution >= 4 is 5.97 Å². The summed E-state index contributed by atoms with van der Waals surface area (Å²) in [4.78, 5) is 17.3. The second-order valence-electron chi connectivity index (χ2n) is 4.65. The van der Waals surface area contributed by atoms with Gasteiger partial charge in [0, 0.05) is 31.4 Å². The molecule has 0 saturated carbocycles. The minimum atomic E-state index is -0.0665. The Hall–Kier alpha value is -1.42. The Balaban J connectivity index is 1.84. The van der Waals surface area contributed by atoms with Crippen LogP contribution >= 0.6 is 0 Å². The molecule has 0 bridgehead atoms. The molecule has 4 heteroatoms. The van der Waals surface area contributed by atoms with Gasteiger partial charge in [0.1, 0.15) is 6.10 Å². The summed E-state index contributed by atoms with van der Waals surface area (Å²) < 4.78 is 5.20. The van der Waals surface area contributed by atoms with E-state index in [1.807, 2.05) is 26.2 Å². The van der Waals surface area contributed by atoms with Crippen molar-refractivity contribution in [2.75, 3.05) is 13.6 Å². The minimum absolute atomic E-state index is 0.0652. The van der Waals surface area contributed by atoms with E-state index in [-0.39, 0.29) is 12.1 Å². The van der Waals surface area contributed by atoms with E-state index in [9.17, 15) is 4.79 Å². The Morgan fingerprint density at radius 1 is 1.59 bits per heavy atom. The number of aromatic nitrogens is 1. The van der Waals surface area contributed by atoms with Gasteiger partial charge in [-0.05, 0) is 38.1 Å². The molecule has 2 rings (SSSR count). The highest BCUT2D eigenvalue weighted by atomic mass is 16.5. The number of ether oxygens (including phenoxy) is 1. The van der Waals surface area contributed by atoms with Crippen LogP contribution in [0, 0.1) is 6.92 Å². The van der Waals surface area contributed by atoms with Gasteiger partial charge >= 0.3 is 5.97 Å². The first-order valence-corrected chi connectivity index (χ1v) is 5.93. The molecule has 0 radical (unpaired) electrons. The molecule has 1 unspecified atom stereocenters. The van der Waals surface area contributed by atoms with Crippen molar-refractivity contribution in [3.63, 3.8) is 0 Å². The molecule has 0 N–H and O–H groups in total. The lowest BCUT2D eigenvalue weighted by molar-refractivity contribution is -0.141. The zero-order valence-corrected chi connectivity index (χ0v) is 10.3. The minimum Gasteiger partial charge on any atom is -0.461 e. The van der Waals surface area contributed by atoms with Crippen LogP contribution in [0.3, 0.4) is 0 Å². The van der Waals surface area contributed by atoms with E-state index in [0.717, 1.165) is 25.2 Å². The van der Waals surface area contributed by atoms with E-state index in [0.29, 0.717) is 6.42 Å². The summed E-state index contributed by atoms with van der Waals surface area (Å²) in [5.74, 6) is -0.0665. The van der Waals surface area contributed by atoms with Crippen LogP contribution in [-0.4, -0.2) is 35.5 Å². The van der Waals surface area contributed by atoms with Crippen LogP contribution in [0.25, 0.3) is 0 Å². The van der Waals surface area contributed by atoms with E-state index >= 15 is 0 Å². The number of likely N-dealkylation sites (N-methyl/N-ethyl adjacent to an activating group) is 1. The van der Waals surface area contributed by atoms with Crippen LogP contribution in [0.2, 0.25) is 0 Å². The molecule has 1 saturated heterocycles. The fraction of sp³-hybridized carbons (Fsp3) is 0.538. The molecular formula is C13H18N2O2. The second-order valence-corrected chi connectivity index (χ2v) is 4.65. The van der Waals surface area contributed by atoms with E-state index in [4.69, 9.17) is 4.74 Å². The van der Waals surface area contributed by atoms with Gasteiger partial charge in [0.25, 0.3) is 0 Å². The number of rotatable bonds is 4. The average molecular weight is 234 g/mol. The van der Waals surface area contributed by atoms with Crippen molar-refractivity contribution in [3.8, 4) is 0 Å². The Kier molecular flexibility index (Phi) is 3.74. The van der Waals surface area contributed by atoms with Gasteiger partial charge < -0.3 is 4.74 Å². The predicted octanol–water partition coefficient (Wildman–Crippen LogP) is 1.53. The summed E-state index contributed by atoms with van der Waals surface area (Å²) in [7, 11) is 2.04. The molecule has 1 aromatic rings. The molecule has 1 aromatic heterocycles. The predicted molar refractivity (Wildman–Crippen MR) is 64.4 cm³/mol. The smallest absolute Gasteiger partial charge is 0.306 e. The fourth-order valence-corrected chi connectivity index (χ4v) is 2.14. The van der Waals surface area contributed by atoms with Crippen molar-refractivity contribution in [1.82, 2.24) is 9.88 Å². The van der Waals surface area contributed by atoms with Crippen LogP contribution in [0.1, 0.15) is 24.1 Å². The maximum absolute atomic E-state index is 11.0. The van der Waals surface area contributed by atoms with Crippen molar-refractivity contribution in [2.45, 2.75) is 32.4 Å². The summed E-state index contributed by atoms with van der Waals surface area (Å²) in [5, 5.41) is 0. The van der Waals surface area contributed by atoms with Crippen LogP contribution < -0.4 is 0 Å². The molecule has 1 atom stereocenters. The Morgan fingerprint density at radius 3 is 3.06 bits per heavy atom. The van der Waals surface area contributed by atoms with Crippen molar-refractivity contribution in [1.29, 1.82) is 0 Å². The van der Waals surface area contributed by atoms with Gasteiger partial charge in [-0.1, -0.05) is 0 Å². The Morgan fingerprint density at radius 2 is 2.41 bits per heavy atom. The first kappa shape index (κ1) is 12.0. The third-order valence-electron chi connectivity index (χ3n) is 2.90. The Bertz CT molecular complexity index is 406. The van der Waals surface area contributed by atoms with Gasteiger partial charge in [0.2, 0.25) is 0 Å². The quantitative estimate of drug-likeness (QED) is 0.741. The van der Waals surface area contributed by atoms with Crippen molar-refractivity contribution in [2.24, 2.45) is 0 Å². The third-order valence-corrected chi connectivity index (χ3v) is 2.90. The summed E-state index contributed by atoms with van der Waals surface area (Å²) in [6.07, 6.45) is 3.30. The first-order valence-electron chi connectivity index (χ1n) is 5.93. The van der Waals surface area contributed by atoms with Crippen LogP contribution in [-0.2, 0) is 16.1 Å². The SMILES string of the molecule is Cc1cc(CN(C)CC2CCC(=O)O2)ccn1. The zero-order valence-electron chi connectivity index (χ0n) is 10.3. The lowest BCUT2D eigenvalue weighted by atomic mass is 10.2. The molecular weight excluding hydrogens is 216 g/mol. The average Bonchev–Trinajstić information content (AvgIpc) is 2.63. The van der Waals surface area contributed by atoms with Gasteiger partial charge in [-0.2, -0.15) is 0 Å². The van der Waals surface area contributed by atoms with Gasteiger partial charge in [0.15, 0.2) is 0 Å². The first-order chi connectivity index (χ1) is 8.13. The van der Waals surface area contributed by atoms with E-state index in [1.165, 1.54) is 5.56 Å². The van der Waals surface area contributed by atoms with E-state index in [2.05, 4.69) is 16.0 Å². The third kappa shape index (κ3) is 3.53. The summed E-state index contributed by atoms with van der Waals surface area (Å²) in [6.45, 7) is 3.65. The number of aryl methyl sites for hydroxylation is 1. The highest BCUT2D eigenvalue weighted by Crippen LogP contribution is 2.15. The molecule has 0 spiro atoms. The number of hydrogen-bond acceptors (Lipinski definition) is 4. The van der Waals surface area contributed by atoms with E-state index < -0.39 is 0 Å². The number of carbonyl (C=O) groups excluding carboxylic acids is 1. The van der Waals surface area contributed by atoms with Crippen molar-refractivity contribution < 1.29 is 9.53 Å². The van der Waals surface area contributed by atoms with Gasteiger partial charge in [-0.15, -0.1) is 0 Å². The monoisotopic (exact) mass is 234 g/mol. The number of carbonyl (C=O) groups is 1. The molecule has 0 amide bonds. The highest BCUT2D eigenvalue weighted by molar-refractivity contribution is 5.71. The van der Waals surface area contributed by atoms with Crippen LogP contribution in [0.4, 0.5) is 0 Å². The maximum Gasteiger partial charge on any atom is 0.306 e. The van der Waals surface area contributed by atoms with Gasteiger partial charge in [-0.3, -0.25) is 14.7 Å². The molecule has 1 fully saturated rings. The topological polar surface area (TPSA) is 42.4 Å². The number of esters is 1. The number of pyridine rings is 1. The number of cyclic esters (lactones) is 1. The number of nitrogens with zero attached hydrogens (tertiary/aromatic N) is 2. The Labute approximate surface area is 102 Å². The molecule has 92 valence electrons. The molecule has 0 aromatic carbocycles. The van der Waals surface area contributed by atoms with Gasteiger partial charge in [-0.25, -0.2) is 0 Å². The molecule has 2 heterocycles. The fourth-order valence-electron chi connectivity index (χ4n) is 2.14. The zero-order chi connectivity index (χ0) is 12.3. The lowest BCUT2D eigenvalue weighted by Crippen LogP contribution is -2.28. The van der Waals surface area contributed by atoms with Crippen LogP contribution in [0.15, 0.2) is 18.3 Å². The largest absolute Gasteiger partial charge is 0.461 e.